The number of anilines is 1. The number of amides is 1. The number of carbonyl (C=O) groups is 2. The molecule has 0 bridgehead atoms. The first-order chi connectivity index (χ1) is 20.8. The Morgan fingerprint density at radius 2 is 1.67 bits per heavy atom. The van der Waals surface area contributed by atoms with Gasteiger partial charge in [0.2, 0.25) is 5.91 Å². The van der Waals surface area contributed by atoms with Gasteiger partial charge >= 0.3 is 5.97 Å². The Morgan fingerprint density at radius 1 is 1.00 bits per heavy atom. The van der Waals surface area contributed by atoms with Crippen LogP contribution in [0.2, 0.25) is 5.02 Å². The number of nitrogens with zero attached hydrogens (tertiary/aromatic N) is 2. The molecule has 2 N–H and O–H groups in total. The third-order valence-electron chi connectivity index (χ3n) is 7.83. The predicted octanol–water partition coefficient (Wildman–Crippen LogP) is 7.80. The molecule has 1 aliphatic heterocycles. The minimum atomic E-state index is -1.14. The molecule has 4 aromatic rings. The summed E-state index contributed by atoms with van der Waals surface area (Å²) < 4.78 is 0.802. The summed E-state index contributed by atoms with van der Waals surface area (Å²) in [6.45, 7) is 3.36. The Kier molecular flexibility index (Phi) is 10.1. The van der Waals surface area contributed by atoms with Gasteiger partial charge in [-0.1, -0.05) is 113 Å². The topological polar surface area (TPSA) is 82.0 Å². The van der Waals surface area contributed by atoms with Crippen molar-refractivity contribution in [3.05, 3.63) is 135 Å². The highest BCUT2D eigenvalue weighted by Gasteiger charge is 2.32. The van der Waals surface area contributed by atoms with Crippen molar-refractivity contribution in [1.82, 2.24) is 4.90 Å². The van der Waals surface area contributed by atoms with Gasteiger partial charge in [0.15, 0.2) is 6.04 Å². The summed E-state index contributed by atoms with van der Waals surface area (Å²) in [6, 6.07) is 31.0. The maximum atomic E-state index is 13.7. The van der Waals surface area contributed by atoms with Gasteiger partial charge in [0, 0.05) is 33.1 Å². The molecule has 4 aromatic carbocycles. The molecule has 1 unspecified atom stereocenters. The second-order valence-electron chi connectivity index (χ2n) is 10.7. The lowest BCUT2D eigenvalue weighted by atomic mass is 9.92. The third kappa shape index (κ3) is 7.42. The van der Waals surface area contributed by atoms with Gasteiger partial charge < -0.3 is 10.4 Å². The van der Waals surface area contributed by atoms with E-state index in [1.807, 2.05) is 91.9 Å². The van der Waals surface area contributed by atoms with Crippen LogP contribution in [0.5, 0.6) is 0 Å². The molecular formula is C35H33BrClN3O3. The number of nitrogens with one attached hydrogen (secondary N) is 1. The highest BCUT2D eigenvalue weighted by Crippen LogP contribution is 2.32. The fourth-order valence-corrected chi connectivity index (χ4v) is 6.26. The van der Waals surface area contributed by atoms with Crippen molar-refractivity contribution >= 4 is 50.8 Å². The molecule has 1 fully saturated rings. The lowest BCUT2D eigenvalue weighted by Crippen LogP contribution is -2.39. The smallest absolute Gasteiger partial charge is 0.329 e. The number of benzene rings is 4. The van der Waals surface area contributed by atoms with Crippen molar-refractivity contribution in [2.24, 2.45) is 4.99 Å². The van der Waals surface area contributed by atoms with Gasteiger partial charge in [-0.3, -0.25) is 14.7 Å². The first kappa shape index (κ1) is 30.7. The molecule has 1 aliphatic rings. The predicted molar refractivity (Wildman–Crippen MR) is 176 cm³/mol. The molecule has 0 aliphatic carbocycles. The van der Waals surface area contributed by atoms with E-state index >= 15 is 0 Å². The van der Waals surface area contributed by atoms with Crippen molar-refractivity contribution in [2.45, 2.75) is 44.3 Å². The molecular weight excluding hydrogens is 626 g/mol. The second kappa shape index (κ2) is 14.1. The summed E-state index contributed by atoms with van der Waals surface area (Å²) in [6.07, 6.45) is 1.71. The summed E-state index contributed by atoms with van der Waals surface area (Å²) in [5.41, 5.74) is 4.30. The number of aliphatic carboxylic acids is 1. The number of carboxylic acids is 1. The minimum Gasteiger partial charge on any atom is -0.480 e. The number of hydrogen-bond acceptors (Lipinski definition) is 4. The van der Waals surface area contributed by atoms with Crippen molar-refractivity contribution < 1.29 is 14.7 Å². The van der Waals surface area contributed by atoms with Gasteiger partial charge in [0.1, 0.15) is 0 Å². The van der Waals surface area contributed by atoms with Crippen molar-refractivity contribution in [1.29, 1.82) is 0 Å². The second-order valence-corrected chi connectivity index (χ2v) is 12.1. The summed E-state index contributed by atoms with van der Waals surface area (Å²) in [5, 5.41) is 14.0. The van der Waals surface area contributed by atoms with Gasteiger partial charge in [-0.05, 0) is 54.8 Å². The van der Waals surface area contributed by atoms with Crippen molar-refractivity contribution in [3.63, 3.8) is 0 Å². The standard InChI is InChI=1S/C35H33BrClN3O3/c1-23(28-21-26(36)18-19-29(28)37)32(35(42)43)39-33(25-13-6-3-7-14-25)27-15-8-9-16-30(27)38-34(41)31-17-10-20-40(31)22-24-11-4-2-5-12-24/h2-9,11-16,18-19,21,23,31-32H,10,17,20,22H2,1H3,(H,38,41)(H,42,43)/t23?,31-,32-/m0/s1. The van der Waals surface area contributed by atoms with Gasteiger partial charge in [-0.25, -0.2) is 4.79 Å². The normalized spacial score (nSPS) is 16.9. The van der Waals surface area contributed by atoms with E-state index in [1.54, 1.807) is 6.07 Å². The Labute approximate surface area is 265 Å². The van der Waals surface area contributed by atoms with E-state index < -0.39 is 17.9 Å². The van der Waals surface area contributed by atoms with Gasteiger partial charge in [0.05, 0.1) is 17.4 Å². The number of likely N-dealkylation sites (tertiary alicyclic amines) is 1. The lowest BCUT2D eigenvalue weighted by Gasteiger charge is -2.25. The quantitative estimate of drug-likeness (QED) is 0.170. The van der Waals surface area contributed by atoms with Crippen LogP contribution in [0, 0.1) is 0 Å². The Hall–Kier alpha value is -3.78. The average Bonchev–Trinajstić information content (AvgIpc) is 3.48. The first-order valence-electron chi connectivity index (χ1n) is 14.3. The fraction of sp³-hybridized carbons (Fsp3) is 0.229. The molecule has 6 nitrogen and oxygen atoms in total. The van der Waals surface area contributed by atoms with E-state index in [9.17, 15) is 14.7 Å². The Morgan fingerprint density at radius 3 is 2.40 bits per heavy atom. The zero-order chi connectivity index (χ0) is 30.3. The van der Waals surface area contributed by atoms with Crippen LogP contribution in [0.1, 0.15) is 47.9 Å². The first-order valence-corrected chi connectivity index (χ1v) is 15.5. The molecule has 8 heteroatoms. The van der Waals surface area contributed by atoms with Crippen LogP contribution in [0.25, 0.3) is 0 Å². The van der Waals surface area contributed by atoms with Crippen LogP contribution in [-0.4, -0.2) is 46.2 Å². The molecule has 1 amide bonds. The zero-order valence-corrected chi connectivity index (χ0v) is 26.1. The molecule has 1 saturated heterocycles. The molecule has 0 aromatic heterocycles. The Balaban J connectivity index is 1.50. The maximum absolute atomic E-state index is 13.7. The zero-order valence-electron chi connectivity index (χ0n) is 23.8. The summed E-state index contributed by atoms with van der Waals surface area (Å²) >= 11 is 9.98. The van der Waals surface area contributed by atoms with Crippen LogP contribution in [0.3, 0.4) is 0 Å². The minimum absolute atomic E-state index is 0.0858. The van der Waals surface area contributed by atoms with Crippen LogP contribution >= 0.6 is 27.5 Å². The number of halogens is 2. The van der Waals surface area contributed by atoms with E-state index in [-0.39, 0.29) is 11.9 Å². The van der Waals surface area contributed by atoms with Gasteiger partial charge in [0.25, 0.3) is 0 Å². The van der Waals surface area contributed by atoms with E-state index in [2.05, 4.69) is 38.3 Å². The van der Waals surface area contributed by atoms with Crippen LogP contribution < -0.4 is 5.32 Å². The fourth-order valence-electron chi connectivity index (χ4n) is 5.59. The molecule has 5 rings (SSSR count). The molecule has 0 saturated carbocycles. The lowest BCUT2D eigenvalue weighted by molar-refractivity contribution is -0.138. The molecule has 3 atom stereocenters. The number of rotatable bonds is 10. The maximum Gasteiger partial charge on any atom is 0.329 e. The SMILES string of the molecule is CC(c1cc(Br)ccc1Cl)[C@H](N=C(c1ccccc1)c1ccccc1NC(=O)[C@@H]1CCCN1Cc1ccccc1)C(=O)O. The van der Waals surface area contributed by atoms with Crippen molar-refractivity contribution in [2.75, 3.05) is 11.9 Å². The number of aliphatic imine (C=N–C) groups is 1. The van der Waals surface area contributed by atoms with E-state index in [0.717, 1.165) is 29.4 Å². The molecule has 1 heterocycles. The monoisotopic (exact) mass is 657 g/mol. The van der Waals surface area contributed by atoms with E-state index in [1.165, 1.54) is 5.56 Å². The molecule has 220 valence electrons. The number of para-hydroxylation sites is 1. The highest BCUT2D eigenvalue weighted by molar-refractivity contribution is 9.10. The molecule has 0 radical (unpaired) electrons. The van der Waals surface area contributed by atoms with Crippen LogP contribution in [0.15, 0.2) is 113 Å². The third-order valence-corrected chi connectivity index (χ3v) is 8.66. The van der Waals surface area contributed by atoms with Crippen LogP contribution in [-0.2, 0) is 16.1 Å². The number of carboxylic acid groups (broad SMARTS) is 1. The number of hydrogen-bond donors (Lipinski definition) is 2. The van der Waals surface area contributed by atoms with E-state index in [0.29, 0.717) is 34.1 Å². The Bertz CT molecular complexity index is 1610. The highest BCUT2D eigenvalue weighted by atomic mass is 79.9. The molecule has 43 heavy (non-hydrogen) atoms. The van der Waals surface area contributed by atoms with E-state index in [4.69, 9.17) is 16.6 Å². The largest absolute Gasteiger partial charge is 0.480 e. The average molecular weight is 659 g/mol. The summed E-state index contributed by atoms with van der Waals surface area (Å²) in [5.74, 6) is -1.69. The van der Waals surface area contributed by atoms with Crippen LogP contribution in [0.4, 0.5) is 5.69 Å². The molecule has 0 spiro atoms. The number of carbonyl (C=O) groups excluding carboxylic acids is 1. The summed E-state index contributed by atoms with van der Waals surface area (Å²) in [4.78, 5) is 33.5. The van der Waals surface area contributed by atoms with Crippen molar-refractivity contribution in [3.8, 4) is 0 Å². The summed E-state index contributed by atoms with van der Waals surface area (Å²) in [7, 11) is 0. The van der Waals surface area contributed by atoms with Gasteiger partial charge in [-0.2, -0.15) is 0 Å². The van der Waals surface area contributed by atoms with Gasteiger partial charge in [-0.15, -0.1) is 0 Å².